The Kier molecular flexibility index (Phi) is 3.61. The van der Waals surface area contributed by atoms with Gasteiger partial charge in [-0.2, -0.15) is 5.10 Å². The zero-order valence-electron chi connectivity index (χ0n) is 14.1. The molecule has 0 spiro atoms. The SMILES string of the molecule is Cc1nn(-c2ccccc2)c(Cl)c1CN1C(=O)NC(C)(C2CC2)C1=O. The number of para-hydroxylation sites is 1. The van der Waals surface area contributed by atoms with E-state index in [9.17, 15) is 9.59 Å². The number of carbonyl (C=O) groups excluding carboxylic acids is 2. The lowest BCUT2D eigenvalue weighted by Gasteiger charge is -2.20. The van der Waals surface area contributed by atoms with Crippen LogP contribution in [0.2, 0.25) is 5.15 Å². The lowest BCUT2D eigenvalue weighted by Crippen LogP contribution is -2.46. The van der Waals surface area contributed by atoms with Gasteiger partial charge in [0.05, 0.1) is 17.9 Å². The van der Waals surface area contributed by atoms with Crippen LogP contribution in [0.3, 0.4) is 0 Å². The molecule has 130 valence electrons. The van der Waals surface area contributed by atoms with E-state index in [1.54, 1.807) is 4.68 Å². The molecule has 1 aromatic carbocycles. The van der Waals surface area contributed by atoms with Crippen LogP contribution in [0.15, 0.2) is 30.3 Å². The lowest BCUT2D eigenvalue weighted by molar-refractivity contribution is -0.131. The number of aromatic nitrogens is 2. The van der Waals surface area contributed by atoms with Gasteiger partial charge in [0.15, 0.2) is 0 Å². The number of hydrogen-bond acceptors (Lipinski definition) is 3. The highest BCUT2D eigenvalue weighted by Crippen LogP contribution is 2.43. The molecule has 1 aliphatic heterocycles. The summed E-state index contributed by atoms with van der Waals surface area (Å²) in [6.45, 7) is 3.77. The molecule has 2 aromatic rings. The van der Waals surface area contributed by atoms with Crippen molar-refractivity contribution in [2.45, 2.75) is 38.8 Å². The van der Waals surface area contributed by atoms with Gasteiger partial charge in [-0.05, 0) is 44.7 Å². The Labute approximate surface area is 150 Å². The summed E-state index contributed by atoms with van der Waals surface area (Å²) in [7, 11) is 0. The number of nitrogens with one attached hydrogen (secondary N) is 1. The Morgan fingerprint density at radius 2 is 1.96 bits per heavy atom. The van der Waals surface area contributed by atoms with E-state index < -0.39 is 5.54 Å². The first kappa shape index (κ1) is 16.1. The van der Waals surface area contributed by atoms with Crippen molar-refractivity contribution in [1.82, 2.24) is 20.0 Å². The predicted molar refractivity (Wildman–Crippen MR) is 93.5 cm³/mol. The molecule has 1 saturated carbocycles. The number of imide groups is 1. The third kappa shape index (κ3) is 2.52. The van der Waals surface area contributed by atoms with Gasteiger partial charge in [0.2, 0.25) is 0 Å². The van der Waals surface area contributed by atoms with Crippen LogP contribution in [0, 0.1) is 12.8 Å². The largest absolute Gasteiger partial charge is 0.325 e. The molecule has 6 nitrogen and oxygen atoms in total. The van der Waals surface area contributed by atoms with Gasteiger partial charge < -0.3 is 5.32 Å². The second-order valence-corrected chi connectivity index (χ2v) is 7.26. The number of amides is 3. The summed E-state index contributed by atoms with van der Waals surface area (Å²) in [4.78, 5) is 26.4. The van der Waals surface area contributed by atoms with E-state index in [1.165, 1.54) is 4.90 Å². The van der Waals surface area contributed by atoms with Crippen LogP contribution in [0.4, 0.5) is 4.79 Å². The Hall–Kier alpha value is -2.34. The van der Waals surface area contributed by atoms with Crippen LogP contribution in [0.25, 0.3) is 5.69 Å². The first-order valence-corrected chi connectivity index (χ1v) is 8.73. The van der Waals surface area contributed by atoms with Crippen LogP contribution < -0.4 is 5.32 Å². The van der Waals surface area contributed by atoms with E-state index in [1.807, 2.05) is 44.2 Å². The highest BCUT2D eigenvalue weighted by molar-refractivity contribution is 6.30. The number of carbonyl (C=O) groups is 2. The molecule has 1 unspecified atom stereocenters. The second kappa shape index (κ2) is 5.59. The standard InChI is InChI=1S/C18H19ClN4O2/c1-11-14(15(19)23(21-11)13-6-4-3-5-7-13)10-22-16(24)18(2,12-8-9-12)20-17(22)25/h3-7,12H,8-10H2,1-2H3,(H,20,25). The van der Waals surface area contributed by atoms with E-state index in [2.05, 4.69) is 10.4 Å². The molecule has 2 aliphatic rings. The van der Waals surface area contributed by atoms with Crippen LogP contribution in [-0.2, 0) is 11.3 Å². The van der Waals surface area contributed by atoms with Crippen LogP contribution >= 0.6 is 11.6 Å². The van der Waals surface area contributed by atoms with Gasteiger partial charge in [-0.25, -0.2) is 9.48 Å². The minimum Gasteiger partial charge on any atom is -0.323 e. The molecule has 0 radical (unpaired) electrons. The average molecular weight is 359 g/mol. The van der Waals surface area contributed by atoms with Crippen LogP contribution in [0.5, 0.6) is 0 Å². The summed E-state index contributed by atoms with van der Waals surface area (Å²) in [5.41, 5.74) is 1.44. The normalized spacial score (nSPS) is 23.2. The van der Waals surface area contributed by atoms with E-state index in [4.69, 9.17) is 11.6 Å². The van der Waals surface area contributed by atoms with Crippen molar-refractivity contribution < 1.29 is 9.59 Å². The molecule has 7 heteroatoms. The first-order chi connectivity index (χ1) is 11.9. The summed E-state index contributed by atoms with van der Waals surface area (Å²) in [6, 6.07) is 9.17. The highest BCUT2D eigenvalue weighted by atomic mass is 35.5. The Morgan fingerprint density at radius 3 is 2.60 bits per heavy atom. The number of rotatable bonds is 4. The van der Waals surface area contributed by atoms with Gasteiger partial charge >= 0.3 is 6.03 Å². The molecule has 2 fully saturated rings. The summed E-state index contributed by atoms with van der Waals surface area (Å²) >= 11 is 6.51. The smallest absolute Gasteiger partial charge is 0.323 e. The topological polar surface area (TPSA) is 67.2 Å². The van der Waals surface area contributed by atoms with E-state index in [0.29, 0.717) is 16.4 Å². The van der Waals surface area contributed by atoms with Gasteiger partial charge in [0, 0.05) is 5.56 Å². The van der Waals surface area contributed by atoms with Gasteiger partial charge in [-0.3, -0.25) is 9.69 Å². The molecule has 1 aliphatic carbocycles. The molecule has 1 saturated heterocycles. The zero-order chi connectivity index (χ0) is 17.8. The fourth-order valence-electron chi connectivity index (χ4n) is 3.41. The minimum absolute atomic E-state index is 0.129. The van der Waals surface area contributed by atoms with Crippen molar-refractivity contribution in [2.24, 2.45) is 5.92 Å². The van der Waals surface area contributed by atoms with E-state index in [-0.39, 0.29) is 24.4 Å². The third-order valence-corrected chi connectivity index (χ3v) is 5.52. The average Bonchev–Trinajstić information content (AvgIpc) is 3.38. The van der Waals surface area contributed by atoms with Crippen molar-refractivity contribution in [2.75, 3.05) is 0 Å². The maximum atomic E-state index is 12.8. The van der Waals surface area contributed by atoms with Gasteiger partial charge in [0.1, 0.15) is 10.7 Å². The van der Waals surface area contributed by atoms with Crippen molar-refractivity contribution in [3.63, 3.8) is 0 Å². The van der Waals surface area contributed by atoms with E-state index >= 15 is 0 Å². The lowest BCUT2D eigenvalue weighted by atomic mass is 9.96. The minimum atomic E-state index is -0.785. The van der Waals surface area contributed by atoms with E-state index in [0.717, 1.165) is 18.5 Å². The van der Waals surface area contributed by atoms with Crippen molar-refractivity contribution in [1.29, 1.82) is 0 Å². The van der Waals surface area contributed by atoms with Crippen molar-refractivity contribution in [3.05, 3.63) is 46.7 Å². The Morgan fingerprint density at radius 1 is 1.28 bits per heavy atom. The highest BCUT2D eigenvalue weighted by Gasteiger charge is 2.56. The Balaban J connectivity index is 1.64. The number of hydrogen-bond donors (Lipinski definition) is 1. The van der Waals surface area contributed by atoms with Crippen LogP contribution in [0.1, 0.15) is 31.0 Å². The number of urea groups is 1. The summed E-state index contributed by atoms with van der Waals surface area (Å²) in [6.07, 6.45) is 1.95. The number of halogens is 1. The summed E-state index contributed by atoms with van der Waals surface area (Å²) in [5, 5.41) is 7.75. The first-order valence-electron chi connectivity index (χ1n) is 8.35. The fraction of sp³-hybridized carbons (Fsp3) is 0.389. The molecular weight excluding hydrogens is 340 g/mol. The number of aryl methyl sites for hydroxylation is 1. The second-order valence-electron chi connectivity index (χ2n) is 6.90. The maximum Gasteiger partial charge on any atom is 0.325 e. The summed E-state index contributed by atoms with van der Waals surface area (Å²) < 4.78 is 1.63. The maximum absolute atomic E-state index is 12.8. The molecule has 1 atom stereocenters. The van der Waals surface area contributed by atoms with Gasteiger partial charge in [0.25, 0.3) is 5.91 Å². The molecule has 1 aromatic heterocycles. The number of nitrogens with zero attached hydrogens (tertiary/aromatic N) is 3. The quantitative estimate of drug-likeness (QED) is 0.854. The third-order valence-electron chi connectivity index (χ3n) is 5.13. The molecule has 4 rings (SSSR count). The molecule has 25 heavy (non-hydrogen) atoms. The number of benzene rings is 1. The molecule has 2 heterocycles. The monoisotopic (exact) mass is 358 g/mol. The predicted octanol–water partition coefficient (Wildman–Crippen LogP) is 3.05. The molecular formula is C18H19ClN4O2. The summed E-state index contributed by atoms with van der Waals surface area (Å²) in [5.74, 6) is 0.0560. The molecule has 0 bridgehead atoms. The molecule has 1 N–H and O–H groups in total. The molecule has 3 amide bonds. The zero-order valence-corrected chi connectivity index (χ0v) is 14.9. The van der Waals surface area contributed by atoms with Gasteiger partial charge in [-0.1, -0.05) is 29.8 Å². The van der Waals surface area contributed by atoms with Gasteiger partial charge in [-0.15, -0.1) is 0 Å². The van der Waals surface area contributed by atoms with Crippen LogP contribution in [-0.4, -0.2) is 32.2 Å². The Bertz CT molecular complexity index is 859. The fourth-order valence-corrected chi connectivity index (χ4v) is 3.74. The van der Waals surface area contributed by atoms with Crippen molar-refractivity contribution >= 4 is 23.5 Å². The van der Waals surface area contributed by atoms with Crippen molar-refractivity contribution in [3.8, 4) is 5.69 Å².